The highest BCUT2D eigenvalue weighted by atomic mass is 16.4. The van der Waals surface area contributed by atoms with E-state index in [2.05, 4.69) is 37.9 Å². The average molecular weight is 312 g/mol. The van der Waals surface area contributed by atoms with Crippen molar-refractivity contribution in [2.75, 3.05) is 26.2 Å². The molecule has 2 aliphatic rings. The Morgan fingerprint density at radius 1 is 1.05 bits per heavy atom. The summed E-state index contributed by atoms with van der Waals surface area (Å²) in [6.07, 6.45) is 2.51. The van der Waals surface area contributed by atoms with E-state index in [0.29, 0.717) is 29.0 Å². The van der Waals surface area contributed by atoms with Crippen LogP contribution in [0.4, 0.5) is 0 Å². The minimum atomic E-state index is -1.26. The first-order chi connectivity index (χ1) is 10.1. The topological polar surface area (TPSA) is 89.9 Å². The molecule has 0 aliphatic carbocycles. The highest BCUT2D eigenvalue weighted by molar-refractivity contribution is 5.89. The van der Waals surface area contributed by atoms with Crippen molar-refractivity contribution < 1.29 is 19.8 Å². The summed E-state index contributed by atoms with van der Waals surface area (Å²) in [6.45, 7) is 14.5. The highest BCUT2D eigenvalue weighted by Gasteiger charge is 2.45. The molecule has 0 spiro atoms. The van der Waals surface area contributed by atoms with E-state index in [-0.39, 0.29) is 0 Å². The second-order valence-electron chi connectivity index (χ2n) is 7.41. The molecule has 2 fully saturated rings. The third-order valence-electron chi connectivity index (χ3n) is 4.23. The lowest BCUT2D eigenvalue weighted by atomic mass is 9.66. The van der Waals surface area contributed by atoms with Gasteiger partial charge in [0.25, 0.3) is 0 Å². The Bertz CT molecular complexity index is 415. The van der Waals surface area contributed by atoms with Gasteiger partial charge in [-0.05, 0) is 31.1 Å². The Balaban J connectivity index is 0.000000261. The summed E-state index contributed by atoms with van der Waals surface area (Å²) < 4.78 is 0. The number of hydrogen-bond donors (Lipinski definition) is 3. The molecule has 2 heterocycles. The molecule has 0 aromatic carbocycles. The van der Waals surface area contributed by atoms with Crippen LogP contribution in [-0.2, 0) is 9.59 Å². The molecule has 2 rings (SSSR count). The van der Waals surface area contributed by atoms with Gasteiger partial charge >= 0.3 is 11.9 Å². The van der Waals surface area contributed by atoms with Crippen LogP contribution in [0.15, 0.2) is 12.2 Å². The van der Waals surface area contributed by atoms with E-state index in [4.69, 9.17) is 10.2 Å². The summed E-state index contributed by atoms with van der Waals surface area (Å²) in [6, 6.07) is 0.701. The third-order valence-corrected chi connectivity index (χ3v) is 4.23. The van der Waals surface area contributed by atoms with Gasteiger partial charge in [0.05, 0.1) is 0 Å². The molecule has 2 saturated heterocycles. The first-order valence-corrected chi connectivity index (χ1v) is 7.64. The van der Waals surface area contributed by atoms with Crippen molar-refractivity contribution in [3.8, 4) is 0 Å². The van der Waals surface area contributed by atoms with E-state index in [9.17, 15) is 9.59 Å². The van der Waals surface area contributed by atoms with Gasteiger partial charge in [-0.3, -0.25) is 4.90 Å². The molecule has 0 aromatic heterocycles. The zero-order valence-electron chi connectivity index (χ0n) is 13.9. The summed E-state index contributed by atoms with van der Waals surface area (Å²) in [5.74, 6) is -2.51. The molecule has 6 nitrogen and oxygen atoms in total. The van der Waals surface area contributed by atoms with E-state index in [1.54, 1.807) is 0 Å². The number of nitrogens with zero attached hydrogens (tertiary/aromatic N) is 1. The molecule has 3 N–H and O–H groups in total. The predicted octanol–water partition coefficient (Wildman–Crippen LogP) is 1.43. The van der Waals surface area contributed by atoms with Crippen molar-refractivity contribution in [3.05, 3.63) is 12.2 Å². The second-order valence-corrected chi connectivity index (χ2v) is 7.41. The smallest absolute Gasteiger partial charge is 0.328 e. The van der Waals surface area contributed by atoms with E-state index >= 15 is 0 Å². The second kappa shape index (κ2) is 7.24. The lowest BCUT2D eigenvalue weighted by molar-refractivity contribution is -0.134. The van der Waals surface area contributed by atoms with Crippen molar-refractivity contribution in [1.29, 1.82) is 0 Å². The van der Waals surface area contributed by atoms with Gasteiger partial charge in [0.1, 0.15) is 0 Å². The minimum Gasteiger partial charge on any atom is -0.478 e. The van der Waals surface area contributed by atoms with E-state index < -0.39 is 11.9 Å². The number of carboxylic acid groups (broad SMARTS) is 2. The van der Waals surface area contributed by atoms with Crippen LogP contribution in [0.1, 0.15) is 34.1 Å². The van der Waals surface area contributed by atoms with E-state index in [1.165, 1.54) is 32.6 Å². The van der Waals surface area contributed by atoms with Gasteiger partial charge < -0.3 is 15.5 Å². The van der Waals surface area contributed by atoms with Crippen molar-refractivity contribution in [1.82, 2.24) is 10.2 Å². The predicted molar refractivity (Wildman–Crippen MR) is 84.8 cm³/mol. The van der Waals surface area contributed by atoms with E-state index in [0.717, 1.165) is 0 Å². The first kappa shape index (κ1) is 18.6. The largest absolute Gasteiger partial charge is 0.478 e. The van der Waals surface area contributed by atoms with Gasteiger partial charge in [-0.25, -0.2) is 9.59 Å². The van der Waals surface area contributed by atoms with Crippen LogP contribution in [0.25, 0.3) is 0 Å². The number of nitrogens with one attached hydrogen (secondary N) is 1. The van der Waals surface area contributed by atoms with Gasteiger partial charge in [-0.15, -0.1) is 0 Å². The fraction of sp³-hybridized carbons (Fsp3) is 0.750. The molecule has 2 bridgehead atoms. The summed E-state index contributed by atoms with van der Waals surface area (Å²) in [7, 11) is 0. The van der Waals surface area contributed by atoms with E-state index in [1.807, 2.05) is 0 Å². The quantitative estimate of drug-likeness (QED) is 0.683. The molecule has 6 heteroatoms. The van der Waals surface area contributed by atoms with Gasteiger partial charge in [0.2, 0.25) is 0 Å². The van der Waals surface area contributed by atoms with Crippen LogP contribution in [0.3, 0.4) is 0 Å². The molecule has 126 valence electrons. The zero-order valence-corrected chi connectivity index (χ0v) is 13.9. The number of carboxylic acids is 2. The Kier molecular flexibility index (Phi) is 6.14. The van der Waals surface area contributed by atoms with Crippen LogP contribution in [-0.4, -0.2) is 59.3 Å². The van der Waals surface area contributed by atoms with Crippen LogP contribution in [0.2, 0.25) is 0 Å². The number of piperidine rings is 2. The molecule has 0 amide bonds. The number of carbonyl (C=O) groups is 2. The Morgan fingerprint density at radius 2 is 1.45 bits per heavy atom. The third kappa shape index (κ3) is 5.77. The maximum absolute atomic E-state index is 9.55. The molecule has 2 aliphatic heterocycles. The molecule has 0 aromatic rings. The number of fused-ring (bicyclic) bond motifs is 2. The number of rotatable bonds is 3. The lowest BCUT2D eigenvalue weighted by Crippen LogP contribution is -2.62. The van der Waals surface area contributed by atoms with Crippen molar-refractivity contribution in [3.63, 3.8) is 0 Å². The van der Waals surface area contributed by atoms with Gasteiger partial charge in [0.15, 0.2) is 0 Å². The molecule has 2 unspecified atom stereocenters. The Hall–Kier alpha value is -1.40. The molecular weight excluding hydrogens is 284 g/mol. The molecule has 0 saturated carbocycles. The number of likely N-dealkylation sites (tertiary alicyclic amines) is 1. The lowest BCUT2D eigenvalue weighted by Gasteiger charge is -2.55. The average Bonchev–Trinajstić information content (AvgIpc) is 2.34. The molecule has 2 atom stereocenters. The van der Waals surface area contributed by atoms with Crippen LogP contribution < -0.4 is 5.32 Å². The fourth-order valence-corrected chi connectivity index (χ4v) is 3.59. The zero-order chi connectivity index (χ0) is 17.0. The maximum atomic E-state index is 9.55. The van der Waals surface area contributed by atoms with Gasteiger partial charge in [0, 0.05) is 44.4 Å². The SMILES string of the molecule is CC(C)N1CC2(C)CNCC(C)(C1)C2.O=C(O)/C=C/C(=O)O. The van der Waals surface area contributed by atoms with Crippen LogP contribution >= 0.6 is 0 Å². The number of aliphatic carboxylic acids is 2. The number of hydrogen-bond acceptors (Lipinski definition) is 4. The molecular formula is C16H28N2O4. The highest BCUT2D eigenvalue weighted by Crippen LogP contribution is 2.42. The van der Waals surface area contributed by atoms with Crippen LogP contribution in [0.5, 0.6) is 0 Å². The van der Waals surface area contributed by atoms with Gasteiger partial charge in [-0.2, -0.15) is 0 Å². The maximum Gasteiger partial charge on any atom is 0.328 e. The van der Waals surface area contributed by atoms with Crippen molar-refractivity contribution in [2.24, 2.45) is 10.8 Å². The summed E-state index contributed by atoms with van der Waals surface area (Å²) in [5.41, 5.74) is 1.02. The van der Waals surface area contributed by atoms with Crippen molar-refractivity contribution in [2.45, 2.75) is 40.2 Å². The van der Waals surface area contributed by atoms with Gasteiger partial charge in [-0.1, -0.05) is 13.8 Å². The fourth-order valence-electron chi connectivity index (χ4n) is 3.59. The molecule has 0 radical (unpaired) electrons. The summed E-state index contributed by atoms with van der Waals surface area (Å²) in [4.78, 5) is 21.8. The monoisotopic (exact) mass is 312 g/mol. The summed E-state index contributed by atoms with van der Waals surface area (Å²) in [5, 5.41) is 19.2. The first-order valence-electron chi connectivity index (χ1n) is 7.64. The minimum absolute atomic E-state index is 0.509. The van der Waals surface area contributed by atoms with Crippen molar-refractivity contribution >= 4 is 11.9 Å². The Labute approximate surface area is 132 Å². The van der Waals surface area contributed by atoms with Crippen LogP contribution in [0, 0.1) is 10.8 Å². The standard InChI is InChI=1S/C12H24N2.C4H4O4/c1-10(2)14-8-11(3)5-12(4,9-14)7-13-6-11;5-3(6)1-2-4(7)8/h10,13H,5-9H2,1-4H3;1-2H,(H,5,6)(H,7,8)/b;2-1+. The Morgan fingerprint density at radius 3 is 1.77 bits per heavy atom. The normalized spacial score (nSPS) is 31.7. The summed E-state index contributed by atoms with van der Waals surface area (Å²) >= 11 is 0. The molecule has 22 heavy (non-hydrogen) atoms.